The fourth-order valence-electron chi connectivity index (χ4n) is 1.02. The van der Waals surface area contributed by atoms with Crippen molar-refractivity contribution in [2.45, 2.75) is 0 Å². The van der Waals surface area contributed by atoms with Gasteiger partial charge in [-0.15, -0.1) is 0 Å². The molecular weight excluding hydrogens is 229 g/mol. The van der Waals surface area contributed by atoms with Gasteiger partial charge in [0.2, 0.25) is 0 Å². The summed E-state index contributed by atoms with van der Waals surface area (Å²) in [5.41, 5.74) is 2.30. The average molecular weight is 237 g/mol. The molecule has 0 aromatic heterocycles. The standard InChI is InChI=1S/C9H8FN5O2/c10-3-4-12-14-13-8-2-1-7(6-11)5-9(8)15(16)17/h1-2,5H,3-4H2,(H,12,13). The van der Waals surface area contributed by atoms with E-state index < -0.39 is 11.6 Å². The van der Waals surface area contributed by atoms with Crippen LogP contribution in [-0.4, -0.2) is 18.1 Å². The van der Waals surface area contributed by atoms with E-state index in [-0.39, 0.29) is 23.5 Å². The molecule has 0 saturated carbocycles. The zero-order valence-electron chi connectivity index (χ0n) is 8.63. The van der Waals surface area contributed by atoms with Crippen LogP contribution in [0.3, 0.4) is 0 Å². The van der Waals surface area contributed by atoms with Gasteiger partial charge < -0.3 is 0 Å². The zero-order chi connectivity index (χ0) is 12.7. The predicted molar refractivity (Wildman–Crippen MR) is 57.1 cm³/mol. The summed E-state index contributed by atoms with van der Waals surface area (Å²) in [6.07, 6.45) is 0. The van der Waals surface area contributed by atoms with E-state index in [1.807, 2.05) is 0 Å². The summed E-state index contributed by atoms with van der Waals surface area (Å²) in [4.78, 5) is 10.1. The monoisotopic (exact) mass is 237 g/mol. The molecule has 0 unspecified atom stereocenters. The summed E-state index contributed by atoms with van der Waals surface area (Å²) in [6, 6.07) is 5.65. The highest BCUT2D eigenvalue weighted by atomic mass is 19.1. The van der Waals surface area contributed by atoms with Crippen molar-refractivity contribution in [1.29, 1.82) is 5.26 Å². The highest BCUT2D eigenvalue weighted by Gasteiger charge is 2.14. The molecule has 1 aromatic rings. The highest BCUT2D eigenvalue weighted by Crippen LogP contribution is 2.25. The van der Waals surface area contributed by atoms with Gasteiger partial charge in [-0.05, 0) is 12.1 Å². The number of anilines is 1. The molecule has 8 heteroatoms. The van der Waals surface area contributed by atoms with Crippen LogP contribution in [0.25, 0.3) is 0 Å². The van der Waals surface area contributed by atoms with Gasteiger partial charge in [0.1, 0.15) is 12.4 Å². The van der Waals surface area contributed by atoms with Gasteiger partial charge in [0, 0.05) is 6.07 Å². The normalized spacial score (nSPS) is 10.1. The van der Waals surface area contributed by atoms with E-state index in [0.717, 1.165) is 6.07 Å². The Morgan fingerprint density at radius 2 is 2.35 bits per heavy atom. The van der Waals surface area contributed by atoms with Crippen LogP contribution in [0.15, 0.2) is 28.5 Å². The molecule has 0 aliphatic carbocycles. The highest BCUT2D eigenvalue weighted by molar-refractivity contribution is 5.63. The van der Waals surface area contributed by atoms with Gasteiger partial charge in [0.25, 0.3) is 5.69 Å². The summed E-state index contributed by atoms with van der Waals surface area (Å²) >= 11 is 0. The van der Waals surface area contributed by atoms with Crippen molar-refractivity contribution in [1.82, 2.24) is 0 Å². The number of halogens is 1. The lowest BCUT2D eigenvalue weighted by Crippen LogP contribution is -1.96. The molecule has 1 aromatic carbocycles. The molecule has 0 heterocycles. The van der Waals surface area contributed by atoms with E-state index in [1.165, 1.54) is 12.1 Å². The maximum Gasteiger partial charge on any atom is 0.295 e. The third-order valence-corrected chi connectivity index (χ3v) is 1.75. The maximum absolute atomic E-state index is 11.7. The summed E-state index contributed by atoms with van der Waals surface area (Å²) in [5.74, 6) is 0. The predicted octanol–water partition coefficient (Wildman–Crippen LogP) is 2.22. The van der Waals surface area contributed by atoms with Gasteiger partial charge in [0.15, 0.2) is 0 Å². The maximum atomic E-state index is 11.7. The average Bonchev–Trinajstić information content (AvgIpc) is 2.34. The van der Waals surface area contributed by atoms with E-state index in [1.54, 1.807) is 6.07 Å². The molecule has 1 N–H and O–H groups in total. The van der Waals surface area contributed by atoms with Crippen molar-refractivity contribution in [2.24, 2.45) is 10.3 Å². The number of hydrogen-bond donors (Lipinski definition) is 1. The molecule has 0 aliphatic heterocycles. The molecule has 1 rings (SSSR count). The number of nitrogens with one attached hydrogen (secondary N) is 1. The van der Waals surface area contributed by atoms with Crippen molar-refractivity contribution >= 4 is 11.4 Å². The van der Waals surface area contributed by atoms with E-state index >= 15 is 0 Å². The van der Waals surface area contributed by atoms with Crippen LogP contribution in [-0.2, 0) is 0 Å². The van der Waals surface area contributed by atoms with E-state index in [2.05, 4.69) is 15.8 Å². The number of nitro groups is 1. The fourth-order valence-corrected chi connectivity index (χ4v) is 1.02. The minimum absolute atomic E-state index is 0.0941. The van der Waals surface area contributed by atoms with Gasteiger partial charge >= 0.3 is 0 Å². The largest absolute Gasteiger partial charge is 0.295 e. The van der Waals surface area contributed by atoms with Crippen LogP contribution in [0.2, 0.25) is 0 Å². The van der Waals surface area contributed by atoms with Gasteiger partial charge in [-0.3, -0.25) is 15.5 Å². The lowest BCUT2D eigenvalue weighted by molar-refractivity contribution is -0.384. The van der Waals surface area contributed by atoms with E-state index in [0.29, 0.717) is 0 Å². The first-order valence-corrected chi connectivity index (χ1v) is 4.56. The van der Waals surface area contributed by atoms with Gasteiger partial charge in [-0.1, -0.05) is 5.22 Å². The molecular formula is C9H8FN5O2. The van der Waals surface area contributed by atoms with Crippen molar-refractivity contribution < 1.29 is 9.31 Å². The molecule has 0 atom stereocenters. The van der Waals surface area contributed by atoms with Crippen LogP contribution in [0.1, 0.15) is 5.56 Å². The van der Waals surface area contributed by atoms with Crippen LogP contribution >= 0.6 is 0 Å². The van der Waals surface area contributed by atoms with E-state index in [9.17, 15) is 14.5 Å². The smallest absolute Gasteiger partial charge is 0.258 e. The topological polar surface area (TPSA) is 104 Å². The molecule has 0 amide bonds. The minimum atomic E-state index is -0.652. The molecule has 7 nitrogen and oxygen atoms in total. The second-order valence-corrected chi connectivity index (χ2v) is 2.87. The first-order chi connectivity index (χ1) is 8.19. The Morgan fingerprint density at radius 1 is 1.59 bits per heavy atom. The van der Waals surface area contributed by atoms with Gasteiger partial charge in [-0.2, -0.15) is 10.4 Å². The second-order valence-electron chi connectivity index (χ2n) is 2.87. The number of benzene rings is 1. The minimum Gasteiger partial charge on any atom is -0.258 e. The summed E-state index contributed by atoms with van der Waals surface area (Å²) in [5, 5.41) is 26.1. The first-order valence-electron chi connectivity index (χ1n) is 4.56. The van der Waals surface area contributed by atoms with E-state index in [4.69, 9.17) is 5.26 Å². The molecule has 17 heavy (non-hydrogen) atoms. The summed E-state index contributed by atoms with van der Waals surface area (Å²) < 4.78 is 11.7. The number of nitro benzene ring substituents is 1. The second kappa shape index (κ2) is 6.12. The van der Waals surface area contributed by atoms with Crippen LogP contribution < -0.4 is 5.43 Å². The lowest BCUT2D eigenvalue weighted by Gasteiger charge is -2.00. The Balaban J connectivity index is 2.92. The Kier molecular flexibility index (Phi) is 4.50. The summed E-state index contributed by atoms with van der Waals surface area (Å²) in [7, 11) is 0. The van der Waals surface area contributed by atoms with Gasteiger partial charge in [0.05, 0.1) is 23.1 Å². The van der Waals surface area contributed by atoms with Crippen LogP contribution in [0, 0.1) is 21.4 Å². The van der Waals surface area contributed by atoms with Crippen molar-refractivity contribution in [3.05, 3.63) is 33.9 Å². The Labute approximate surface area is 95.7 Å². The Morgan fingerprint density at radius 3 is 2.94 bits per heavy atom. The molecule has 0 fully saturated rings. The molecule has 0 saturated heterocycles. The third kappa shape index (κ3) is 3.49. The van der Waals surface area contributed by atoms with Crippen LogP contribution in [0.5, 0.6) is 0 Å². The molecule has 0 spiro atoms. The number of hydrogen-bond acceptors (Lipinski definition) is 5. The molecule has 88 valence electrons. The van der Waals surface area contributed by atoms with Crippen LogP contribution in [0.4, 0.5) is 15.8 Å². The van der Waals surface area contributed by atoms with Crippen molar-refractivity contribution in [3.63, 3.8) is 0 Å². The number of nitrogens with zero attached hydrogens (tertiary/aromatic N) is 4. The number of rotatable bonds is 5. The quantitative estimate of drug-likeness (QED) is 0.481. The molecule has 0 aliphatic rings. The Bertz CT molecular complexity index is 483. The van der Waals surface area contributed by atoms with Crippen molar-refractivity contribution in [3.8, 4) is 6.07 Å². The number of nitriles is 1. The SMILES string of the molecule is N#Cc1ccc(NN=NCCF)c([N+](=O)[O-])c1. The fraction of sp³-hybridized carbons (Fsp3) is 0.222. The summed E-state index contributed by atoms with van der Waals surface area (Å²) in [6.45, 7) is -0.766. The molecule has 0 radical (unpaired) electrons. The van der Waals surface area contributed by atoms with Crippen molar-refractivity contribution in [2.75, 3.05) is 18.6 Å². The van der Waals surface area contributed by atoms with Gasteiger partial charge in [-0.25, -0.2) is 4.39 Å². The lowest BCUT2D eigenvalue weighted by atomic mass is 10.2. The zero-order valence-corrected chi connectivity index (χ0v) is 8.63. The number of alkyl halides is 1. The third-order valence-electron chi connectivity index (χ3n) is 1.75. The Hall–Kier alpha value is -2.56. The first kappa shape index (κ1) is 12.5. The molecule has 0 bridgehead atoms.